The summed E-state index contributed by atoms with van der Waals surface area (Å²) in [5.41, 5.74) is 3.28. The lowest BCUT2D eigenvalue weighted by molar-refractivity contribution is 0.627. The average molecular weight is 328 g/mol. The molecule has 2 aromatic carbocycles. The van der Waals surface area contributed by atoms with Crippen LogP contribution in [0.2, 0.25) is 0 Å². The molecule has 0 radical (unpaired) electrons. The zero-order chi connectivity index (χ0) is 13.1. The van der Waals surface area contributed by atoms with Gasteiger partial charge in [0.05, 0.1) is 5.38 Å². The molecule has 0 aliphatic carbocycles. The van der Waals surface area contributed by atoms with Gasteiger partial charge in [0.15, 0.2) is 0 Å². The van der Waals surface area contributed by atoms with Crippen molar-refractivity contribution < 1.29 is 4.39 Å². The van der Waals surface area contributed by atoms with E-state index in [0.29, 0.717) is 6.42 Å². The molecule has 0 aliphatic heterocycles. The molecule has 0 heterocycles. The summed E-state index contributed by atoms with van der Waals surface area (Å²) in [5, 5.41) is -0.120. The second kappa shape index (κ2) is 5.85. The smallest absolute Gasteiger partial charge is 0.123 e. The molecule has 0 spiro atoms. The Kier molecular flexibility index (Phi) is 4.41. The summed E-state index contributed by atoms with van der Waals surface area (Å²) < 4.78 is 13.8. The first-order valence-corrected chi connectivity index (χ1v) is 6.94. The topological polar surface area (TPSA) is 0 Å². The summed E-state index contributed by atoms with van der Waals surface area (Å²) in [5.74, 6) is -0.221. The van der Waals surface area contributed by atoms with Gasteiger partial charge in [-0.3, -0.25) is 0 Å². The largest absolute Gasteiger partial charge is 0.207 e. The first-order valence-electron chi connectivity index (χ1n) is 5.71. The van der Waals surface area contributed by atoms with Crippen molar-refractivity contribution in [1.82, 2.24) is 0 Å². The zero-order valence-electron chi connectivity index (χ0n) is 9.96. The molecule has 0 nitrogen and oxygen atoms in total. The molecule has 2 aromatic rings. The van der Waals surface area contributed by atoms with E-state index in [0.717, 1.165) is 15.6 Å². The number of benzene rings is 2. The van der Waals surface area contributed by atoms with Gasteiger partial charge < -0.3 is 0 Å². The van der Waals surface area contributed by atoms with Gasteiger partial charge in [0, 0.05) is 4.47 Å². The van der Waals surface area contributed by atoms with Crippen LogP contribution in [0.5, 0.6) is 0 Å². The van der Waals surface area contributed by atoms with E-state index < -0.39 is 0 Å². The SMILES string of the molecule is Cc1ccc(C(Cl)Cc2ccc(F)cc2)c(Br)c1. The van der Waals surface area contributed by atoms with Crippen LogP contribution >= 0.6 is 27.5 Å². The summed E-state index contributed by atoms with van der Waals surface area (Å²) in [6, 6.07) is 12.6. The van der Waals surface area contributed by atoms with Crippen molar-refractivity contribution in [3.8, 4) is 0 Å². The molecule has 0 amide bonds. The zero-order valence-corrected chi connectivity index (χ0v) is 12.3. The third kappa shape index (κ3) is 3.33. The normalized spacial score (nSPS) is 12.4. The molecule has 0 aromatic heterocycles. The van der Waals surface area contributed by atoms with Crippen LogP contribution < -0.4 is 0 Å². The Morgan fingerprint density at radius 1 is 1.17 bits per heavy atom. The molecule has 0 fully saturated rings. The molecular formula is C15H13BrClF. The van der Waals surface area contributed by atoms with Crippen LogP contribution in [0, 0.1) is 12.7 Å². The maximum Gasteiger partial charge on any atom is 0.123 e. The lowest BCUT2D eigenvalue weighted by Crippen LogP contribution is -1.97. The molecule has 2 rings (SSSR count). The van der Waals surface area contributed by atoms with Crippen LogP contribution in [0.1, 0.15) is 22.1 Å². The van der Waals surface area contributed by atoms with Crippen molar-refractivity contribution in [2.24, 2.45) is 0 Å². The van der Waals surface area contributed by atoms with Gasteiger partial charge in [-0.25, -0.2) is 4.39 Å². The van der Waals surface area contributed by atoms with Gasteiger partial charge in [-0.15, -0.1) is 11.6 Å². The molecule has 1 unspecified atom stereocenters. The monoisotopic (exact) mass is 326 g/mol. The highest BCUT2D eigenvalue weighted by Gasteiger charge is 2.12. The van der Waals surface area contributed by atoms with Crippen molar-refractivity contribution in [2.75, 3.05) is 0 Å². The van der Waals surface area contributed by atoms with Crippen molar-refractivity contribution in [2.45, 2.75) is 18.7 Å². The maximum absolute atomic E-state index is 12.8. The Bertz CT molecular complexity index is 537. The van der Waals surface area contributed by atoms with Crippen LogP contribution in [0.25, 0.3) is 0 Å². The van der Waals surface area contributed by atoms with Gasteiger partial charge in [0.2, 0.25) is 0 Å². The predicted molar refractivity (Wildman–Crippen MR) is 77.6 cm³/mol. The number of halogens is 3. The highest BCUT2D eigenvalue weighted by molar-refractivity contribution is 9.10. The third-order valence-electron chi connectivity index (χ3n) is 2.82. The Hall–Kier alpha value is -0.860. The van der Waals surface area contributed by atoms with E-state index in [4.69, 9.17) is 11.6 Å². The predicted octanol–water partition coefficient (Wildman–Crippen LogP) is 5.42. The Labute approximate surface area is 120 Å². The summed E-state index contributed by atoms with van der Waals surface area (Å²) in [7, 11) is 0. The fraction of sp³-hybridized carbons (Fsp3) is 0.200. The lowest BCUT2D eigenvalue weighted by atomic mass is 10.0. The molecule has 0 saturated heterocycles. The van der Waals surface area contributed by atoms with E-state index in [9.17, 15) is 4.39 Å². The van der Waals surface area contributed by atoms with Gasteiger partial charge >= 0.3 is 0 Å². The van der Waals surface area contributed by atoms with Crippen LogP contribution in [0.3, 0.4) is 0 Å². The summed E-state index contributed by atoms with van der Waals surface area (Å²) in [4.78, 5) is 0. The van der Waals surface area contributed by atoms with E-state index in [1.54, 1.807) is 12.1 Å². The lowest BCUT2D eigenvalue weighted by Gasteiger charge is -2.12. The molecular weight excluding hydrogens is 315 g/mol. The van der Waals surface area contributed by atoms with Crippen LogP contribution in [-0.4, -0.2) is 0 Å². The van der Waals surface area contributed by atoms with Gasteiger partial charge in [-0.05, 0) is 48.2 Å². The fourth-order valence-electron chi connectivity index (χ4n) is 1.82. The number of hydrogen-bond donors (Lipinski definition) is 0. The fourth-order valence-corrected chi connectivity index (χ4v) is 3.09. The molecule has 3 heteroatoms. The molecule has 0 saturated carbocycles. The summed E-state index contributed by atoms with van der Waals surface area (Å²) >= 11 is 9.94. The number of rotatable bonds is 3. The van der Waals surface area contributed by atoms with Crippen molar-refractivity contribution in [1.29, 1.82) is 0 Å². The van der Waals surface area contributed by atoms with Gasteiger partial charge in [0.25, 0.3) is 0 Å². The number of alkyl halides is 1. The second-order valence-electron chi connectivity index (χ2n) is 4.32. The standard InChI is InChI=1S/C15H13BrClF/c1-10-2-7-13(14(16)8-10)15(17)9-11-3-5-12(18)6-4-11/h2-8,15H,9H2,1H3. The quantitative estimate of drug-likeness (QED) is 0.660. The second-order valence-corrected chi connectivity index (χ2v) is 5.70. The van der Waals surface area contributed by atoms with E-state index in [1.165, 1.54) is 17.7 Å². The van der Waals surface area contributed by atoms with Crippen LogP contribution in [-0.2, 0) is 6.42 Å². The maximum atomic E-state index is 12.8. The number of aryl methyl sites for hydroxylation is 1. The summed E-state index contributed by atoms with van der Waals surface area (Å²) in [6.07, 6.45) is 0.684. The average Bonchev–Trinajstić information content (AvgIpc) is 2.32. The minimum absolute atomic E-state index is 0.120. The van der Waals surface area contributed by atoms with Gasteiger partial charge in [-0.1, -0.05) is 40.2 Å². The summed E-state index contributed by atoms with van der Waals surface area (Å²) in [6.45, 7) is 2.04. The highest BCUT2D eigenvalue weighted by Crippen LogP contribution is 2.31. The molecule has 94 valence electrons. The van der Waals surface area contributed by atoms with E-state index >= 15 is 0 Å². The number of hydrogen-bond acceptors (Lipinski definition) is 0. The van der Waals surface area contributed by atoms with E-state index in [-0.39, 0.29) is 11.2 Å². The van der Waals surface area contributed by atoms with Gasteiger partial charge in [-0.2, -0.15) is 0 Å². The first-order chi connectivity index (χ1) is 8.56. The molecule has 18 heavy (non-hydrogen) atoms. The van der Waals surface area contributed by atoms with Crippen LogP contribution in [0.15, 0.2) is 46.9 Å². The van der Waals surface area contributed by atoms with Crippen LogP contribution in [0.4, 0.5) is 4.39 Å². The minimum Gasteiger partial charge on any atom is -0.207 e. The van der Waals surface area contributed by atoms with Crippen molar-refractivity contribution in [3.63, 3.8) is 0 Å². The molecule has 0 N–H and O–H groups in total. The van der Waals surface area contributed by atoms with Gasteiger partial charge in [0.1, 0.15) is 5.82 Å². The van der Waals surface area contributed by atoms with Crippen molar-refractivity contribution >= 4 is 27.5 Å². The molecule has 0 bridgehead atoms. The Morgan fingerprint density at radius 3 is 2.44 bits per heavy atom. The third-order valence-corrected chi connectivity index (χ3v) is 3.90. The Balaban J connectivity index is 2.16. The highest BCUT2D eigenvalue weighted by atomic mass is 79.9. The van der Waals surface area contributed by atoms with E-state index in [1.807, 2.05) is 19.1 Å². The molecule has 1 atom stereocenters. The molecule has 0 aliphatic rings. The van der Waals surface area contributed by atoms with E-state index in [2.05, 4.69) is 22.0 Å². The van der Waals surface area contributed by atoms with Crippen molar-refractivity contribution in [3.05, 3.63) is 69.4 Å². The Morgan fingerprint density at radius 2 is 1.83 bits per heavy atom. The first kappa shape index (κ1) is 13.6. The minimum atomic E-state index is -0.221.